The van der Waals surface area contributed by atoms with Crippen LogP contribution in [0.2, 0.25) is 0 Å². The molecule has 0 saturated heterocycles. The molecule has 1 aromatic carbocycles. The fourth-order valence-corrected chi connectivity index (χ4v) is 3.09. The van der Waals surface area contributed by atoms with Crippen LogP contribution in [0.3, 0.4) is 0 Å². The summed E-state index contributed by atoms with van der Waals surface area (Å²) in [5.41, 5.74) is 1.00. The van der Waals surface area contributed by atoms with Crippen molar-refractivity contribution in [1.29, 1.82) is 0 Å². The van der Waals surface area contributed by atoms with Crippen molar-refractivity contribution in [3.05, 3.63) is 64.0 Å². The largest absolute Gasteiger partial charge is 0.463 e. The van der Waals surface area contributed by atoms with E-state index in [1.165, 1.54) is 12.1 Å². The molecule has 0 spiro atoms. The summed E-state index contributed by atoms with van der Waals surface area (Å²) in [7, 11) is 1.85. The lowest BCUT2D eigenvalue weighted by Gasteiger charge is -2.23. The molecule has 6 nitrogen and oxygen atoms in total. The number of benzene rings is 1. The first-order valence-electron chi connectivity index (χ1n) is 7.65. The molecule has 2 heterocycles. The molecule has 0 amide bonds. The molecular weight excluding hydrogens is 391 g/mol. The minimum Gasteiger partial charge on any atom is -0.463 e. The number of nitrogens with zero attached hydrogens (tertiary/aromatic N) is 3. The van der Waals surface area contributed by atoms with Crippen molar-refractivity contribution in [3.63, 3.8) is 0 Å². The minimum absolute atomic E-state index is 0.253. The van der Waals surface area contributed by atoms with E-state index in [1.54, 1.807) is 31.6 Å². The number of nitrogens with one attached hydrogen (secondary N) is 1. The summed E-state index contributed by atoms with van der Waals surface area (Å²) in [6, 6.07) is 3.64. The van der Waals surface area contributed by atoms with Gasteiger partial charge in [-0.05, 0) is 24.6 Å². The summed E-state index contributed by atoms with van der Waals surface area (Å²) in [5.74, 6) is 0.294. The van der Waals surface area contributed by atoms with Gasteiger partial charge in [0.15, 0.2) is 11.7 Å². The van der Waals surface area contributed by atoms with Crippen LogP contribution in [-0.4, -0.2) is 28.0 Å². The SMILES string of the molecule is CCOC(=O)C1=CNC(c2nccn2C)=NC1c1ccc(F)cc1Br. The number of hydrogen-bond donors (Lipinski definition) is 1. The standard InChI is InChI=1S/C17H16BrFN4O2/c1-3-25-17(24)12-9-21-15(16-20-6-7-23(16)2)22-14(12)11-5-4-10(19)8-13(11)18/h4-9,14H,3H2,1-2H3,(H,21,22). The Kier molecular flexibility index (Phi) is 4.98. The number of ether oxygens (including phenoxy) is 1. The van der Waals surface area contributed by atoms with Crippen molar-refractivity contribution in [2.45, 2.75) is 13.0 Å². The number of rotatable bonds is 4. The maximum Gasteiger partial charge on any atom is 0.338 e. The van der Waals surface area contributed by atoms with Crippen LogP contribution < -0.4 is 5.32 Å². The van der Waals surface area contributed by atoms with Gasteiger partial charge in [-0.25, -0.2) is 14.2 Å². The number of hydrogen-bond acceptors (Lipinski definition) is 5. The van der Waals surface area contributed by atoms with E-state index in [1.807, 2.05) is 11.6 Å². The van der Waals surface area contributed by atoms with Crippen molar-refractivity contribution in [1.82, 2.24) is 14.9 Å². The number of imidazole rings is 1. The van der Waals surface area contributed by atoms with Gasteiger partial charge in [-0.1, -0.05) is 22.0 Å². The first-order chi connectivity index (χ1) is 12.0. The number of aryl methyl sites for hydroxylation is 1. The highest BCUT2D eigenvalue weighted by molar-refractivity contribution is 9.10. The Morgan fingerprint density at radius 2 is 2.28 bits per heavy atom. The van der Waals surface area contributed by atoms with Gasteiger partial charge >= 0.3 is 5.97 Å². The second-order valence-electron chi connectivity index (χ2n) is 5.37. The third kappa shape index (κ3) is 3.48. The predicted molar refractivity (Wildman–Crippen MR) is 94.4 cm³/mol. The molecule has 0 radical (unpaired) electrons. The fraction of sp³-hybridized carbons (Fsp3) is 0.235. The van der Waals surface area contributed by atoms with Gasteiger partial charge in [-0.2, -0.15) is 0 Å². The van der Waals surface area contributed by atoms with Gasteiger partial charge in [0, 0.05) is 30.1 Å². The Balaban J connectivity index is 2.06. The molecule has 0 aliphatic carbocycles. The zero-order valence-electron chi connectivity index (χ0n) is 13.7. The molecule has 0 saturated carbocycles. The predicted octanol–water partition coefficient (Wildman–Crippen LogP) is 2.86. The third-order valence-corrected chi connectivity index (χ3v) is 4.41. The van der Waals surface area contributed by atoms with Gasteiger partial charge in [0.1, 0.15) is 11.9 Å². The highest BCUT2D eigenvalue weighted by Gasteiger charge is 2.29. The highest BCUT2D eigenvalue weighted by Crippen LogP contribution is 2.34. The maximum absolute atomic E-state index is 13.4. The second kappa shape index (κ2) is 7.18. The summed E-state index contributed by atoms with van der Waals surface area (Å²) >= 11 is 3.35. The molecule has 1 atom stereocenters. The average molecular weight is 407 g/mol. The maximum atomic E-state index is 13.4. The molecule has 0 bridgehead atoms. The van der Waals surface area contributed by atoms with Crippen molar-refractivity contribution >= 4 is 27.7 Å². The first kappa shape index (κ1) is 17.3. The van der Waals surface area contributed by atoms with Crippen LogP contribution in [0.15, 0.2) is 51.8 Å². The van der Waals surface area contributed by atoms with Gasteiger partial charge in [-0.15, -0.1) is 0 Å². The molecule has 1 unspecified atom stereocenters. The number of aromatic nitrogens is 2. The lowest BCUT2D eigenvalue weighted by atomic mass is 9.98. The van der Waals surface area contributed by atoms with E-state index < -0.39 is 12.0 Å². The van der Waals surface area contributed by atoms with Crippen molar-refractivity contribution in [3.8, 4) is 0 Å². The van der Waals surface area contributed by atoms with Crippen LogP contribution in [0.1, 0.15) is 24.4 Å². The first-order valence-corrected chi connectivity index (χ1v) is 8.44. The average Bonchev–Trinajstić information content (AvgIpc) is 3.00. The van der Waals surface area contributed by atoms with E-state index in [4.69, 9.17) is 4.74 Å². The Labute approximate surface area is 152 Å². The summed E-state index contributed by atoms with van der Waals surface area (Å²) in [6.07, 6.45) is 5.02. The van der Waals surface area contributed by atoms with Gasteiger partial charge in [0.05, 0.1) is 12.2 Å². The summed E-state index contributed by atoms with van der Waals surface area (Å²) < 4.78 is 20.9. The van der Waals surface area contributed by atoms with Crippen LogP contribution >= 0.6 is 15.9 Å². The molecule has 1 aliphatic rings. The molecule has 0 fully saturated rings. The number of amidine groups is 1. The van der Waals surface area contributed by atoms with Gasteiger partial charge in [-0.3, -0.25) is 4.99 Å². The molecule has 1 aliphatic heterocycles. The Morgan fingerprint density at radius 1 is 1.48 bits per heavy atom. The van der Waals surface area contributed by atoms with E-state index in [2.05, 4.69) is 31.2 Å². The quantitative estimate of drug-likeness (QED) is 0.792. The Morgan fingerprint density at radius 3 is 2.92 bits per heavy atom. The Bertz CT molecular complexity index is 875. The molecule has 8 heteroatoms. The number of halogens is 2. The van der Waals surface area contributed by atoms with Crippen molar-refractivity contribution in [2.24, 2.45) is 12.0 Å². The molecule has 1 aromatic heterocycles. The highest BCUT2D eigenvalue weighted by atomic mass is 79.9. The van der Waals surface area contributed by atoms with Gasteiger partial charge in [0.25, 0.3) is 0 Å². The van der Waals surface area contributed by atoms with Crippen LogP contribution in [-0.2, 0) is 16.6 Å². The lowest BCUT2D eigenvalue weighted by molar-refractivity contribution is -0.138. The van der Waals surface area contributed by atoms with E-state index in [0.717, 1.165) is 0 Å². The summed E-state index contributed by atoms with van der Waals surface area (Å²) in [5, 5.41) is 3.00. The fourth-order valence-electron chi connectivity index (χ4n) is 2.52. The normalized spacial score (nSPS) is 16.7. The third-order valence-electron chi connectivity index (χ3n) is 3.72. The zero-order valence-corrected chi connectivity index (χ0v) is 15.2. The monoisotopic (exact) mass is 406 g/mol. The number of carbonyl (C=O) groups is 1. The molecule has 2 aromatic rings. The van der Waals surface area contributed by atoms with Crippen LogP contribution in [0, 0.1) is 5.82 Å². The summed E-state index contributed by atoms with van der Waals surface area (Å²) in [4.78, 5) is 21.2. The van der Waals surface area contributed by atoms with Crippen LogP contribution in [0.4, 0.5) is 4.39 Å². The van der Waals surface area contributed by atoms with Crippen molar-refractivity contribution < 1.29 is 13.9 Å². The number of aliphatic imine (C=N–C) groups is 1. The van der Waals surface area contributed by atoms with E-state index >= 15 is 0 Å². The molecular formula is C17H16BrFN4O2. The topological polar surface area (TPSA) is 68.5 Å². The second-order valence-corrected chi connectivity index (χ2v) is 6.23. The van der Waals surface area contributed by atoms with E-state index in [9.17, 15) is 9.18 Å². The minimum atomic E-state index is -0.637. The van der Waals surface area contributed by atoms with Crippen LogP contribution in [0.5, 0.6) is 0 Å². The number of esters is 1. The molecule has 1 N–H and O–H groups in total. The molecule has 25 heavy (non-hydrogen) atoms. The molecule has 3 rings (SSSR count). The molecule has 130 valence electrons. The smallest absolute Gasteiger partial charge is 0.338 e. The number of carbonyl (C=O) groups excluding carboxylic acids is 1. The Hall–Kier alpha value is -2.48. The summed E-state index contributed by atoms with van der Waals surface area (Å²) in [6.45, 7) is 1.99. The van der Waals surface area contributed by atoms with E-state index in [0.29, 0.717) is 27.3 Å². The van der Waals surface area contributed by atoms with Crippen LogP contribution in [0.25, 0.3) is 0 Å². The lowest BCUT2D eigenvalue weighted by Crippen LogP contribution is -2.30. The van der Waals surface area contributed by atoms with Gasteiger partial charge in [0.2, 0.25) is 0 Å². The van der Waals surface area contributed by atoms with E-state index in [-0.39, 0.29) is 12.4 Å². The van der Waals surface area contributed by atoms with Gasteiger partial charge < -0.3 is 14.6 Å². The zero-order chi connectivity index (χ0) is 18.0. The van der Waals surface area contributed by atoms with Crippen molar-refractivity contribution in [2.75, 3.05) is 6.61 Å².